The normalized spacial score (nSPS) is 11.1. The molecule has 5 rings (SSSR count). The van der Waals surface area contributed by atoms with Gasteiger partial charge in [-0.15, -0.1) is 0 Å². The van der Waals surface area contributed by atoms with Crippen LogP contribution in [0.5, 0.6) is 0 Å². The number of fused-ring (bicyclic) bond motifs is 2. The van der Waals surface area contributed by atoms with Gasteiger partial charge in [0, 0.05) is 0 Å². The van der Waals surface area contributed by atoms with E-state index < -0.39 is 0 Å². The van der Waals surface area contributed by atoms with E-state index in [9.17, 15) is 0 Å². The molecular weight excluding hydrogens is 372 g/mol. The molecule has 0 nitrogen and oxygen atoms in total. The Balaban J connectivity index is 1.88. The van der Waals surface area contributed by atoms with Crippen LogP contribution >= 0.6 is 0 Å². The zero-order chi connectivity index (χ0) is 21.4. The first kappa shape index (κ1) is 19.3. The highest BCUT2D eigenvalue weighted by Gasteiger charge is 2.13. The summed E-state index contributed by atoms with van der Waals surface area (Å²) in [5.41, 5.74) is 9.06. The Labute approximate surface area is 184 Å². The molecule has 0 bridgehead atoms. The quantitative estimate of drug-likeness (QED) is 0.267. The van der Waals surface area contributed by atoms with E-state index in [0.717, 1.165) is 0 Å². The molecule has 5 aromatic carbocycles. The lowest BCUT2D eigenvalue weighted by atomic mass is 9.87. The molecule has 0 radical (unpaired) electrons. The second kappa shape index (κ2) is 7.89. The van der Waals surface area contributed by atoms with Crippen LogP contribution in [0.4, 0.5) is 0 Å². The molecule has 0 saturated heterocycles. The lowest BCUT2D eigenvalue weighted by molar-refractivity contribution is 1.30. The lowest BCUT2D eigenvalue weighted by Gasteiger charge is -2.16. The first-order valence-corrected chi connectivity index (χ1v) is 10.9. The van der Waals surface area contributed by atoms with Gasteiger partial charge >= 0.3 is 0 Å². The van der Waals surface area contributed by atoms with Crippen molar-refractivity contribution in [2.45, 2.75) is 20.8 Å². The molecule has 0 heterocycles. The van der Waals surface area contributed by atoms with Crippen molar-refractivity contribution in [2.75, 3.05) is 0 Å². The van der Waals surface area contributed by atoms with Crippen molar-refractivity contribution in [3.8, 4) is 0 Å². The Kier molecular flexibility index (Phi) is 4.92. The van der Waals surface area contributed by atoms with E-state index in [1.807, 2.05) is 0 Å². The lowest BCUT2D eigenvalue weighted by Crippen LogP contribution is -1.95. The van der Waals surface area contributed by atoms with Gasteiger partial charge in [0.15, 0.2) is 0 Å². The van der Waals surface area contributed by atoms with Gasteiger partial charge in [-0.25, -0.2) is 0 Å². The van der Waals surface area contributed by atoms with Crippen LogP contribution in [-0.2, 0) is 0 Å². The van der Waals surface area contributed by atoms with Crippen molar-refractivity contribution < 1.29 is 0 Å². The summed E-state index contributed by atoms with van der Waals surface area (Å²) in [6, 6.07) is 35.2. The number of hydrogen-bond acceptors (Lipinski definition) is 0. The minimum absolute atomic E-state index is 1.27. The molecule has 0 fully saturated rings. The fourth-order valence-electron chi connectivity index (χ4n) is 4.78. The van der Waals surface area contributed by atoms with Crippen LogP contribution in [0, 0.1) is 20.8 Å². The summed E-state index contributed by atoms with van der Waals surface area (Å²) in [6.07, 6.45) is 2.40. The van der Waals surface area contributed by atoms with Gasteiger partial charge in [-0.1, -0.05) is 103 Å². The van der Waals surface area contributed by atoms with Crippen LogP contribution in [0.1, 0.15) is 33.4 Å². The molecular formula is C31H26. The van der Waals surface area contributed by atoms with E-state index in [1.54, 1.807) is 0 Å². The third kappa shape index (κ3) is 3.55. The van der Waals surface area contributed by atoms with Gasteiger partial charge in [-0.2, -0.15) is 0 Å². The molecule has 0 saturated carbocycles. The van der Waals surface area contributed by atoms with Crippen molar-refractivity contribution in [2.24, 2.45) is 0 Å². The fraction of sp³-hybridized carbons (Fsp3) is 0.0968. The Morgan fingerprint density at radius 3 is 1.52 bits per heavy atom. The summed E-state index contributed by atoms with van der Waals surface area (Å²) in [4.78, 5) is 0. The zero-order valence-electron chi connectivity index (χ0n) is 18.3. The number of rotatable bonds is 3. The topological polar surface area (TPSA) is 0 Å². The third-order valence-electron chi connectivity index (χ3n) is 6.19. The molecule has 0 amide bonds. The van der Waals surface area contributed by atoms with Gasteiger partial charge in [0.2, 0.25) is 0 Å². The molecule has 0 N–H and O–H groups in total. The minimum Gasteiger partial charge on any atom is -0.0616 e. The van der Waals surface area contributed by atoms with Crippen molar-refractivity contribution in [1.82, 2.24) is 0 Å². The largest absolute Gasteiger partial charge is 0.0616 e. The predicted octanol–water partition coefficient (Wildman–Crippen LogP) is 8.51. The molecule has 0 heteroatoms. The van der Waals surface area contributed by atoms with Gasteiger partial charge in [-0.05, 0) is 81.8 Å². The van der Waals surface area contributed by atoms with Gasteiger partial charge in [0.25, 0.3) is 0 Å². The van der Waals surface area contributed by atoms with Gasteiger partial charge in [0.1, 0.15) is 0 Å². The summed E-state index contributed by atoms with van der Waals surface area (Å²) < 4.78 is 0. The molecule has 31 heavy (non-hydrogen) atoms. The Morgan fingerprint density at radius 1 is 0.548 bits per heavy atom. The molecule has 0 spiro atoms. The van der Waals surface area contributed by atoms with Gasteiger partial charge in [0.05, 0.1) is 0 Å². The summed E-state index contributed by atoms with van der Waals surface area (Å²) in [5.74, 6) is 0. The minimum atomic E-state index is 1.27. The maximum atomic E-state index is 2.40. The van der Waals surface area contributed by atoms with Crippen molar-refractivity contribution in [3.05, 3.63) is 130 Å². The van der Waals surface area contributed by atoms with Crippen molar-refractivity contribution >= 4 is 33.2 Å². The monoisotopic (exact) mass is 398 g/mol. The Hall–Kier alpha value is -3.64. The standard InChI is InChI=1S/C31H26/c1-21-18-22(2)30(23(3)19-21)20-31(28-16-8-12-24-10-4-6-14-26(24)28)29-17-9-13-25-11-5-7-15-27(25)29/h4-20H,1-3H3. The Bertz CT molecular complexity index is 1340. The average Bonchev–Trinajstić information content (AvgIpc) is 2.78. The average molecular weight is 399 g/mol. The molecule has 0 aromatic heterocycles. The first-order valence-electron chi connectivity index (χ1n) is 10.9. The summed E-state index contributed by atoms with van der Waals surface area (Å²) in [7, 11) is 0. The Morgan fingerprint density at radius 2 is 1.00 bits per heavy atom. The van der Waals surface area contributed by atoms with Gasteiger partial charge in [-0.3, -0.25) is 0 Å². The van der Waals surface area contributed by atoms with E-state index in [0.29, 0.717) is 0 Å². The highest BCUT2D eigenvalue weighted by atomic mass is 14.2. The van der Waals surface area contributed by atoms with E-state index >= 15 is 0 Å². The van der Waals surface area contributed by atoms with Crippen LogP contribution < -0.4 is 0 Å². The molecule has 150 valence electrons. The predicted molar refractivity (Wildman–Crippen MR) is 136 cm³/mol. The summed E-state index contributed by atoms with van der Waals surface area (Å²) in [5, 5.41) is 5.10. The second-order valence-corrected chi connectivity index (χ2v) is 8.42. The molecule has 0 unspecified atom stereocenters. The van der Waals surface area contributed by atoms with Crippen LogP contribution in [0.3, 0.4) is 0 Å². The van der Waals surface area contributed by atoms with E-state index in [1.165, 1.54) is 60.5 Å². The van der Waals surface area contributed by atoms with Gasteiger partial charge < -0.3 is 0 Å². The molecule has 0 aliphatic carbocycles. The molecule has 0 aliphatic heterocycles. The summed E-state index contributed by atoms with van der Waals surface area (Å²) in [6.45, 7) is 6.61. The maximum absolute atomic E-state index is 2.40. The fourth-order valence-corrected chi connectivity index (χ4v) is 4.78. The third-order valence-corrected chi connectivity index (χ3v) is 6.19. The number of benzene rings is 5. The zero-order valence-corrected chi connectivity index (χ0v) is 18.3. The number of hydrogen-bond donors (Lipinski definition) is 0. The van der Waals surface area contributed by atoms with Crippen LogP contribution in [-0.4, -0.2) is 0 Å². The van der Waals surface area contributed by atoms with E-state index in [2.05, 4.69) is 124 Å². The first-order chi connectivity index (χ1) is 15.1. The van der Waals surface area contributed by atoms with Crippen LogP contribution in [0.15, 0.2) is 97.1 Å². The van der Waals surface area contributed by atoms with E-state index in [-0.39, 0.29) is 0 Å². The van der Waals surface area contributed by atoms with Crippen molar-refractivity contribution in [3.63, 3.8) is 0 Å². The SMILES string of the molecule is Cc1cc(C)c(C=C(c2cccc3ccccc23)c2cccc3ccccc23)c(C)c1. The second-order valence-electron chi connectivity index (χ2n) is 8.42. The highest BCUT2D eigenvalue weighted by Crippen LogP contribution is 2.36. The maximum Gasteiger partial charge on any atom is -0.00928 e. The highest BCUT2D eigenvalue weighted by molar-refractivity contribution is 6.08. The molecule has 5 aromatic rings. The van der Waals surface area contributed by atoms with Crippen molar-refractivity contribution in [1.29, 1.82) is 0 Å². The van der Waals surface area contributed by atoms with Crippen LogP contribution in [0.2, 0.25) is 0 Å². The molecule has 0 atom stereocenters. The molecule has 0 aliphatic rings. The van der Waals surface area contributed by atoms with Crippen LogP contribution in [0.25, 0.3) is 33.2 Å². The van der Waals surface area contributed by atoms with E-state index in [4.69, 9.17) is 0 Å². The smallest absolute Gasteiger partial charge is 0.00928 e. The summed E-state index contributed by atoms with van der Waals surface area (Å²) >= 11 is 0. The number of aryl methyl sites for hydroxylation is 3.